The highest BCUT2D eigenvalue weighted by Gasteiger charge is 2.17. The van der Waals surface area contributed by atoms with Crippen LogP contribution in [-0.2, 0) is 4.74 Å². The van der Waals surface area contributed by atoms with Crippen LogP contribution in [0.1, 0.15) is 20.0 Å². The summed E-state index contributed by atoms with van der Waals surface area (Å²) in [5.74, 6) is -1.58. The van der Waals surface area contributed by atoms with E-state index in [0.717, 1.165) is 23.5 Å². The van der Waals surface area contributed by atoms with Crippen LogP contribution >= 0.6 is 11.3 Å². The summed E-state index contributed by atoms with van der Waals surface area (Å²) < 4.78 is 17.5. The van der Waals surface area contributed by atoms with Gasteiger partial charge in [0, 0.05) is 5.69 Å². The van der Waals surface area contributed by atoms with Gasteiger partial charge in [0.25, 0.3) is 5.91 Å². The lowest BCUT2D eigenvalue weighted by molar-refractivity contribution is 0.0607. The van der Waals surface area contributed by atoms with Crippen molar-refractivity contribution in [2.24, 2.45) is 0 Å². The number of nitrogens with one attached hydrogen (secondary N) is 1. The topological polar surface area (TPSA) is 81.4 Å². The van der Waals surface area contributed by atoms with Gasteiger partial charge in [-0.1, -0.05) is 0 Å². The van der Waals surface area contributed by atoms with E-state index in [1.807, 2.05) is 0 Å². The minimum atomic E-state index is -0.539. The van der Waals surface area contributed by atoms with Gasteiger partial charge in [0.1, 0.15) is 10.7 Å². The van der Waals surface area contributed by atoms with E-state index in [4.69, 9.17) is 5.73 Å². The van der Waals surface area contributed by atoms with Gasteiger partial charge in [-0.2, -0.15) is 0 Å². The number of rotatable bonds is 3. The minimum Gasteiger partial charge on any atom is -0.465 e. The molecule has 104 valence electrons. The van der Waals surface area contributed by atoms with Gasteiger partial charge in [0.2, 0.25) is 0 Å². The van der Waals surface area contributed by atoms with Crippen molar-refractivity contribution in [1.29, 1.82) is 0 Å². The summed E-state index contributed by atoms with van der Waals surface area (Å²) in [5, 5.41) is 4.20. The smallest absolute Gasteiger partial charge is 0.350 e. The van der Waals surface area contributed by atoms with Crippen molar-refractivity contribution in [2.45, 2.75) is 0 Å². The molecule has 0 unspecified atom stereocenters. The standard InChI is InChI=1S/C13H11FN2O3S/c1-19-13(18)11-10(4-5-20-11)16-12(17)8-3-2-7(14)6-9(8)15/h2-6H,15H2,1H3,(H,16,17). The monoisotopic (exact) mass is 294 g/mol. The second-order valence-corrected chi connectivity index (χ2v) is 4.76. The summed E-state index contributed by atoms with van der Waals surface area (Å²) in [6.45, 7) is 0. The quantitative estimate of drug-likeness (QED) is 0.673. The largest absolute Gasteiger partial charge is 0.465 e. The predicted molar refractivity (Wildman–Crippen MR) is 74.4 cm³/mol. The van der Waals surface area contributed by atoms with Crippen LogP contribution in [0.15, 0.2) is 29.6 Å². The van der Waals surface area contributed by atoms with Crippen molar-refractivity contribution in [3.05, 3.63) is 45.9 Å². The van der Waals surface area contributed by atoms with Gasteiger partial charge in [-0.05, 0) is 29.6 Å². The fourth-order valence-electron chi connectivity index (χ4n) is 1.59. The second-order valence-electron chi connectivity index (χ2n) is 3.84. The maximum atomic E-state index is 12.9. The molecule has 1 heterocycles. The maximum Gasteiger partial charge on any atom is 0.350 e. The second kappa shape index (κ2) is 5.70. The summed E-state index contributed by atoms with van der Waals surface area (Å²) >= 11 is 1.15. The van der Waals surface area contributed by atoms with Crippen molar-refractivity contribution < 1.29 is 18.7 Å². The third-order valence-corrected chi connectivity index (χ3v) is 3.44. The Morgan fingerprint density at radius 1 is 1.35 bits per heavy atom. The molecule has 0 fully saturated rings. The Morgan fingerprint density at radius 2 is 2.10 bits per heavy atom. The third-order valence-electron chi connectivity index (χ3n) is 2.54. The average molecular weight is 294 g/mol. The molecule has 0 aliphatic rings. The fourth-order valence-corrected chi connectivity index (χ4v) is 2.35. The molecule has 0 spiro atoms. The molecule has 5 nitrogen and oxygen atoms in total. The van der Waals surface area contributed by atoms with Gasteiger partial charge in [-0.3, -0.25) is 4.79 Å². The van der Waals surface area contributed by atoms with Gasteiger partial charge in [-0.25, -0.2) is 9.18 Å². The van der Waals surface area contributed by atoms with Crippen LogP contribution in [0, 0.1) is 5.82 Å². The van der Waals surface area contributed by atoms with E-state index in [1.165, 1.54) is 13.2 Å². The lowest BCUT2D eigenvalue weighted by atomic mass is 10.1. The van der Waals surface area contributed by atoms with Gasteiger partial charge in [0.15, 0.2) is 0 Å². The van der Waals surface area contributed by atoms with Crippen molar-refractivity contribution in [2.75, 3.05) is 18.2 Å². The van der Waals surface area contributed by atoms with Crippen molar-refractivity contribution in [1.82, 2.24) is 0 Å². The number of carbonyl (C=O) groups is 2. The molecule has 7 heteroatoms. The summed E-state index contributed by atoms with van der Waals surface area (Å²) in [5.41, 5.74) is 6.07. The number of amides is 1. The molecule has 0 bridgehead atoms. The van der Waals surface area contributed by atoms with Gasteiger partial charge >= 0.3 is 5.97 Å². The number of halogens is 1. The number of carbonyl (C=O) groups excluding carboxylic acids is 2. The Balaban J connectivity index is 2.24. The molecule has 0 saturated carbocycles. The van der Waals surface area contributed by atoms with E-state index < -0.39 is 17.7 Å². The van der Waals surface area contributed by atoms with Crippen molar-refractivity contribution in [3.63, 3.8) is 0 Å². The number of benzene rings is 1. The number of hydrogen-bond acceptors (Lipinski definition) is 5. The zero-order valence-corrected chi connectivity index (χ0v) is 11.3. The van der Waals surface area contributed by atoms with Crippen LogP contribution in [-0.4, -0.2) is 19.0 Å². The molecule has 3 N–H and O–H groups in total. The molecular formula is C13H11FN2O3S. The SMILES string of the molecule is COC(=O)c1sccc1NC(=O)c1ccc(F)cc1N. The predicted octanol–water partition coefficient (Wildman–Crippen LogP) is 2.51. The van der Waals surface area contributed by atoms with E-state index in [-0.39, 0.29) is 16.1 Å². The first-order chi connectivity index (χ1) is 9.52. The molecule has 0 radical (unpaired) electrons. The van der Waals surface area contributed by atoms with E-state index >= 15 is 0 Å². The highest BCUT2D eigenvalue weighted by molar-refractivity contribution is 7.12. The Hall–Kier alpha value is -2.41. The number of esters is 1. The highest BCUT2D eigenvalue weighted by Crippen LogP contribution is 2.24. The number of anilines is 2. The number of nitrogens with two attached hydrogens (primary N) is 1. The highest BCUT2D eigenvalue weighted by atomic mass is 32.1. The lowest BCUT2D eigenvalue weighted by Crippen LogP contribution is -2.15. The number of hydrogen-bond donors (Lipinski definition) is 2. The van der Waals surface area contributed by atoms with Crippen LogP contribution in [0.25, 0.3) is 0 Å². The fraction of sp³-hybridized carbons (Fsp3) is 0.0769. The third kappa shape index (κ3) is 2.77. The minimum absolute atomic E-state index is 0.0253. The molecule has 0 saturated heterocycles. The Bertz CT molecular complexity index is 669. The molecule has 20 heavy (non-hydrogen) atoms. The van der Waals surface area contributed by atoms with E-state index in [9.17, 15) is 14.0 Å². The molecule has 2 aromatic rings. The Morgan fingerprint density at radius 3 is 2.75 bits per heavy atom. The molecule has 1 aromatic heterocycles. The van der Waals surface area contributed by atoms with Gasteiger partial charge < -0.3 is 15.8 Å². The zero-order valence-electron chi connectivity index (χ0n) is 10.5. The van der Waals surface area contributed by atoms with Crippen LogP contribution < -0.4 is 11.1 Å². The van der Waals surface area contributed by atoms with Gasteiger partial charge in [-0.15, -0.1) is 11.3 Å². The maximum absolute atomic E-state index is 12.9. The molecular weight excluding hydrogens is 283 g/mol. The number of methoxy groups -OCH3 is 1. The van der Waals surface area contributed by atoms with Crippen LogP contribution in [0.4, 0.5) is 15.8 Å². The summed E-state index contributed by atoms with van der Waals surface area (Å²) in [6, 6.07) is 5.06. The summed E-state index contributed by atoms with van der Waals surface area (Å²) in [6.07, 6.45) is 0. The van der Waals surface area contributed by atoms with E-state index in [2.05, 4.69) is 10.1 Å². The molecule has 0 atom stereocenters. The van der Waals surface area contributed by atoms with E-state index in [1.54, 1.807) is 11.4 Å². The lowest BCUT2D eigenvalue weighted by Gasteiger charge is -2.07. The molecule has 0 aliphatic heterocycles. The summed E-state index contributed by atoms with van der Waals surface area (Å²) in [4.78, 5) is 23.8. The van der Waals surface area contributed by atoms with Crippen molar-refractivity contribution in [3.8, 4) is 0 Å². The number of nitrogen functional groups attached to an aromatic ring is 1. The molecule has 1 aromatic carbocycles. The first-order valence-corrected chi connectivity index (χ1v) is 6.43. The normalized spacial score (nSPS) is 10.1. The number of thiophene rings is 1. The zero-order chi connectivity index (χ0) is 14.7. The molecule has 1 amide bonds. The van der Waals surface area contributed by atoms with Crippen molar-refractivity contribution >= 4 is 34.6 Å². The average Bonchev–Trinajstić information content (AvgIpc) is 2.85. The Labute approximate surface area is 118 Å². The van der Waals surface area contributed by atoms with E-state index in [0.29, 0.717) is 5.69 Å². The van der Waals surface area contributed by atoms with Crippen LogP contribution in [0.2, 0.25) is 0 Å². The first kappa shape index (κ1) is 14.0. The molecule has 0 aliphatic carbocycles. The Kier molecular flexibility index (Phi) is 3.99. The number of ether oxygens (including phenoxy) is 1. The van der Waals surface area contributed by atoms with Crippen LogP contribution in [0.5, 0.6) is 0 Å². The van der Waals surface area contributed by atoms with Gasteiger partial charge in [0.05, 0.1) is 18.4 Å². The van der Waals surface area contributed by atoms with Crippen LogP contribution in [0.3, 0.4) is 0 Å². The first-order valence-electron chi connectivity index (χ1n) is 5.55. The summed E-state index contributed by atoms with van der Waals surface area (Å²) in [7, 11) is 1.26. The molecule has 2 rings (SSSR count).